The van der Waals surface area contributed by atoms with Gasteiger partial charge in [-0.05, 0) is 93.1 Å². The lowest BCUT2D eigenvalue weighted by atomic mass is 10.0. The van der Waals surface area contributed by atoms with Crippen molar-refractivity contribution < 1.29 is 23.9 Å². The van der Waals surface area contributed by atoms with E-state index in [1.165, 1.54) is 5.56 Å². The molecule has 3 amide bonds. The van der Waals surface area contributed by atoms with E-state index in [4.69, 9.17) is 9.47 Å². The first kappa shape index (κ1) is 29.6. The van der Waals surface area contributed by atoms with E-state index in [-0.39, 0.29) is 11.9 Å². The summed E-state index contributed by atoms with van der Waals surface area (Å²) in [7, 11) is 1.55. The van der Waals surface area contributed by atoms with Crippen molar-refractivity contribution >= 4 is 29.3 Å². The molecule has 0 bridgehead atoms. The number of anilines is 2. The SMILES string of the molecule is COc1cc(C(=O)OC(C)(C)C)ccc1-c1ccc(NC(=O)[C@H]2CCCN2C(=O)Nc2ccc(C(C)C)cc2)cc1. The fourth-order valence-corrected chi connectivity index (χ4v) is 4.78. The highest BCUT2D eigenvalue weighted by atomic mass is 16.6. The van der Waals surface area contributed by atoms with Crippen molar-refractivity contribution in [3.8, 4) is 16.9 Å². The van der Waals surface area contributed by atoms with Gasteiger partial charge in [-0.1, -0.05) is 38.1 Å². The van der Waals surface area contributed by atoms with Crippen molar-refractivity contribution in [1.82, 2.24) is 4.90 Å². The highest BCUT2D eigenvalue weighted by Crippen LogP contribution is 2.32. The third kappa shape index (κ3) is 7.45. The van der Waals surface area contributed by atoms with Crippen molar-refractivity contribution in [2.24, 2.45) is 0 Å². The van der Waals surface area contributed by atoms with Crippen LogP contribution in [0, 0.1) is 0 Å². The van der Waals surface area contributed by atoms with Gasteiger partial charge in [-0.25, -0.2) is 9.59 Å². The Morgan fingerprint density at radius 2 is 1.54 bits per heavy atom. The number of methoxy groups -OCH3 is 1. The number of urea groups is 1. The standard InChI is InChI=1S/C33H39N3O5/c1-21(2)22-9-14-26(15-10-22)35-32(39)36-19-7-8-28(36)30(37)34-25-16-11-23(12-17-25)27-18-13-24(20-29(27)40-6)31(38)41-33(3,4)5/h9-18,20-21,28H,7-8,19H2,1-6H3,(H,34,37)(H,35,39)/t28-/m1/s1. The number of amides is 3. The van der Waals surface area contributed by atoms with Gasteiger partial charge in [0.1, 0.15) is 17.4 Å². The van der Waals surface area contributed by atoms with E-state index >= 15 is 0 Å². The first-order valence-electron chi connectivity index (χ1n) is 14.0. The lowest BCUT2D eigenvalue weighted by Gasteiger charge is -2.24. The summed E-state index contributed by atoms with van der Waals surface area (Å²) in [6.45, 7) is 10.2. The average molecular weight is 558 g/mol. The van der Waals surface area contributed by atoms with Gasteiger partial charge in [0.25, 0.3) is 0 Å². The van der Waals surface area contributed by atoms with E-state index in [1.807, 2.05) is 75.4 Å². The summed E-state index contributed by atoms with van der Waals surface area (Å²) >= 11 is 0. The smallest absolute Gasteiger partial charge is 0.338 e. The van der Waals surface area contributed by atoms with Crippen LogP contribution in [0.3, 0.4) is 0 Å². The second-order valence-corrected chi connectivity index (χ2v) is 11.5. The number of nitrogens with one attached hydrogen (secondary N) is 2. The summed E-state index contributed by atoms with van der Waals surface area (Å²) in [6.07, 6.45) is 1.36. The first-order chi connectivity index (χ1) is 19.4. The molecule has 1 fully saturated rings. The molecule has 0 unspecified atom stereocenters. The monoisotopic (exact) mass is 557 g/mol. The number of ether oxygens (including phenoxy) is 2. The minimum Gasteiger partial charge on any atom is -0.496 e. The molecule has 0 aromatic heterocycles. The summed E-state index contributed by atoms with van der Waals surface area (Å²) in [4.78, 5) is 40.2. The van der Waals surface area contributed by atoms with Crippen LogP contribution in [0.5, 0.6) is 5.75 Å². The highest BCUT2D eigenvalue weighted by Gasteiger charge is 2.34. The average Bonchev–Trinajstić information content (AvgIpc) is 3.43. The zero-order chi connectivity index (χ0) is 29.7. The lowest BCUT2D eigenvalue weighted by molar-refractivity contribution is -0.119. The van der Waals surface area contributed by atoms with Gasteiger partial charge in [0, 0.05) is 23.5 Å². The van der Waals surface area contributed by atoms with Crippen LogP contribution in [0.4, 0.5) is 16.2 Å². The van der Waals surface area contributed by atoms with E-state index in [0.717, 1.165) is 17.5 Å². The largest absolute Gasteiger partial charge is 0.496 e. The van der Waals surface area contributed by atoms with Gasteiger partial charge in [0.15, 0.2) is 0 Å². The molecule has 0 saturated carbocycles. The van der Waals surface area contributed by atoms with Crippen LogP contribution in [0.1, 0.15) is 69.3 Å². The number of carbonyl (C=O) groups excluding carboxylic acids is 3. The molecule has 1 aliphatic heterocycles. The molecule has 0 spiro atoms. The number of benzene rings is 3. The third-order valence-electron chi connectivity index (χ3n) is 6.94. The fraction of sp³-hybridized carbons (Fsp3) is 0.364. The van der Waals surface area contributed by atoms with Crippen LogP contribution in [0.15, 0.2) is 66.7 Å². The minimum atomic E-state index is -0.595. The molecular formula is C33H39N3O5. The molecule has 8 nitrogen and oxygen atoms in total. The zero-order valence-electron chi connectivity index (χ0n) is 24.6. The Kier molecular flexibility index (Phi) is 9.01. The third-order valence-corrected chi connectivity index (χ3v) is 6.94. The van der Waals surface area contributed by atoms with Gasteiger partial charge in [0.05, 0.1) is 12.7 Å². The van der Waals surface area contributed by atoms with Gasteiger partial charge >= 0.3 is 12.0 Å². The Hall–Kier alpha value is -4.33. The van der Waals surface area contributed by atoms with Crippen molar-refractivity contribution in [2.45, 2.75) is 65.0 Å². The second kappa shape index (κ2) is 12.5. The summed E-state index contributed by atoms with van der Waals surface area (Å²) in [5, 5.41) is 5.88. The van der Waals surface area contributed by atoms with Crippen molar-refractivity contribution in [2.75, 3.05) is 24.3 Å². The van der Waals surface area contributed by atoms with Gasteiger partial charge < -0.3 is 25.0 Å². The maximum Gasteiger partial charge on any atom is 0.338 e. The number of hydrogen-bond donors (Lipinski definition) is 2. The van der Waals surface area contributed by atoms with Gasteiger partial charge in [-0.15, -0.1) is 0 Å². The minimum absolute atomic E-state index is 0.222. The van der Waals surface area contributed by atoms with E-state index in [2.05, 4.69) is 24.5 Å². The quantitative estimate of drug-likeness (QED) is 0.303. The van der Waals surface area contributed by atoms with E-state index in [1.54, 1.807) is 24.1 Å². The molecule has 1 heterocycles. The van der Waals surface area contributed by atoms with E-state index < -0.39 is 17.6 Å². The second-order valence-electron chi connectivity index (χ2n) is 11.5. The number of likely N-dealkylation sites (tertiary alicyclic amines) is 1. The molecular weight excluding hydrogens is 518 g/mol. The van der Waals surface area contributed by atoms with Gasteiger partial charge in [-0.2, -0.15) is 0 Å². The Morgan fingerprint density at radius 3 is 2.15 bits per heavy atom. The molecule has 1 atom stereocenters. The molecule has 0 aliphatic carbocycles. The van der Waals surface area contributed by atoms with Crippen LogP contribution in [-0.4, -0.2) is 48.1 Å². The molecule has 1 saturated heterocycles. The number of rotatable bonds is 7. The molecule has 4 rings (SSSR count). The molecule has 1 aliphatic rings. The van der Waals surface area contributed by atoms with Crippen LogP contribution in [-0.2, 0) is 9.53 Å². The predicted octanol–water partition coefficient (Wildman–Crippen LogP) is 7.08. The molecule has 0 radical (unpaired) electrons. The summed E-state index contributed by atoms with van der Waals surface area (Å²) < 4.78 is 11.0. The Morgan fingerprint density at radius 1 is 0.902 bits per heavy atom. The van der Waals surface area contributed by atoms with Crippen molar-refractivity contribution in [3.63, 3.8) is 0 Å². The highest BCUT2D eigenvalue weighted by molar-refractivity contribution is 6.00. The molecule has 3 aromatic rings. The number of carbonyl (C=O) groups is 3. The number of esters is 1. The normalized spacial score (nSPS) is 15.0. The molecule has 216 valence electrons. The van der Waals surface area contributed by atoms with Crippen LogP contribution in [0.25, 0.3) is 11.1 Å². The molecule has 3 aromatic carbocycles. The predicted molar refractivity (Wildman–Crippen MR) is 162 cm³/mol. The van der Waals surface area contributed by atoms with Gasteiger partial charge in [-0.3, -0.25) is 4.79 Å². The Balaban J connectivity index is 1.40. The van der Waals surface area contributed by atoms with Crippen LogP contribution in [0.2, 0.25) is 0 Å². The van der Waals surface area contributed by atoms with Crippen LogP contribution >= 0.6 is 0 Å². The summed E-state index contributed by atoms with van der Waals surface area (Å²) in [5.41, 5.74) is 4.00. The number of nitrogens with zero attached hydrogens (tertiary/aromatic N) is 1. The molecule has 41 heavy (non-hydrogen) atoms. The summed E-state index contributed by atoms with van der Waals surface area (Å²) in [6, 6.07) is 19.5. The Labute approximate surface area is 242 Å². The van der Waals surface area contributed by atoms with Crippen LogP contribution < -0.4 is 15.4 Å². The first-order valence-corrected chi connectivity index (χ1v) is 14.0. The molecule has 2 N–H and O–H groups in total. The fourth-order valence-electron chi connectivity index (χ4n) is 4.78. The Bertz CT molecular complexity index is 1390. The summed E-state index contributed by atoms with van der Waals surface area (Å²) in [5.74, 6) is 0.308. The number of hydrogen-bond acceptors (Lipinski definition) is 5. The zero-order valence-corrected chi connectivity index (χ0v) is 24.6. The maximum absolute atomic E-state index is 13.2. The van der Waals surface area contributed by atoms with E-state index in [0.29, 0.717) is 41.6 Å². The topological polar surface area (TPSA) is 97.0 Å². The van der Waals surface area contributed by atoms with Gasteiger partial charge in [0.2, 0.25) is 5.91 Å². The molecule has 8 heteroatoms. The van der Waals surface area contributed by atoms with Crippen molar-refractivity contribution in [1.29, 1.82) is 0 Å². The van der Waals surface area contributed by atoms with Crippen molar-refractivity contribution in [3.05, 3.63) is 77.9 Å². The lowest BCUT2D eigenvalue weighted by Crippen LogP contribution is -2.45. The van der Waals surface area contributed by atoms with E-state index in [9.17, 15) is 14.4 Å². The maximum atomic E-state index is 13.2.